The first kappa shape index (κ1) is 17.5. The first-order chi connectivity index (χ1) is 9.77. The maximum Gasteiger partial charge on any atom is 0.389 e. The van der Waals surface area contributed by atoms with Crippen LogP contribution in [0.2, 0.25) is 0 Å². The van der Waals surface area contributed by atoms with Gasteiger partial charge < -0.3 is 10.5 Å². The van der Waals surface area contributed by atoms with E-state index in [-0.39, 0.29) is 19.4 Å². The maximum absolute atomic E-state index is 12.4. The van der Waals surface area contributed by atoms with E-state index in [1.165, 1.54) is 7.11 Å². The van der Waals surface area contributed by atoms with Crippen molar-refractivity contribution in [3.8, 4) is 0 Å². The van der Waals surface area contributed by atoms with Gasteiger partial charge in [0.25, 0.3) is 0 Å². The Morgan fingerprint density at radius 1 is 1.24 bits per heavy atom. The highest BCUT2D eigenvalue weighted by Crippen LogP contribution is 2.34. The van der Waals surface area contributed by atoms with E-state index < -0.39 is 24.0 Å². The first-order valence-electron chi connectivity index (χ1n) is 6.68. The predicted molar refractivity (Wildman–Crippen MR) is 73.8 cm³/mol. The fraction of sp³-hybridized carbons (Fsp3) is 0.533. The third-order valence-electron chi connectivity index (χ3n) is 3.65. The molecule has 0 fully saturated rings. The Morgan fingerprint density at radius 3 is 2.33 bits per heavy atom. The molecule has 0 aliphatic heterocycles. The number of rotatable bonds is 6. The van der Waals surface area contributed by atoms with Gasteiger partial charge in [0.1, 0.15) is 5.41 Å². The van der Waals surface area contributed by atoms with Crippen LogP contribution in [0.4, 0.5) is 13.2 Å². The number of carbonyl (C=O) groups excluding carboxylic acids is 1. The van der Waals surface area contributed by atoms with Gasteiger partial charge in [-0.25, -0.2) is 0 Å². The van der Waals surface area contributed by atoms with Gasteiger partial charge in [0, 0.05) is 13.0 Å². The molecule has 1 aromatic rings. The average Bonchev–Trinajstić information content (AvgIpc) is 2.43. The van der Waals surface area contributed by atoms with Gasteiger partial charge in [-0.3, -0.25) is 4.79 Å². The molecule has 0 bridgehead atoms. The third-order valence-corrected chi connectivity index (χ3v) is 3.65. The van der Waals surface area contributed by atoms with Gasteiger partial charge in [-0.1, -0.05) is 24.3 Å². The fourth-order valence-electron chi connectivity index (χ4n) is 2.54. The number of ether oxygens (including phenoxy) is 1. The lowest BCUT2D eigenvalue weighted by Gasteiger charge is -2.31. The van der Waals surface area contributed by atoms with Gasteiger partial charge in [-0.05, 0) is 30.9 Å². The van der Waals surface area contributed by atoms with Gasteiger partial charge in [0.2, 0.25) is 0 Å². The largest absolute Gasteiger partial charge is 0.468 e. The van der Waals surface area contributed by atoms with Crippen molar-refractivity contribution in [2.75, 3.05) is 13.7 Å². The average molecular weight is 303 g/mol. The quantitative estimate of drug-likeness (QED) is 0.822. The number of alkyl halides is 3. The molecule has 0 saturated carbocycles. The molecule has 0 saturated heterocycles. The van der Waals surface area contributed by atoms with E-state index in [0.29, 0.717) is 5.56 Å². The van der Waals surface area contributed by atoms with Crippen molar-refractivity contribution in [3.63, 3.8) is 0 Å². The van der Waals surface area contributed by atoms with Gasteiger partial charge in [0.15, 0.2) is 0 Å². The molecule has 1 rings (SSSR count). The summed E-state index contributed by atoms with van der Waals surface area (Å²) in [6, 6.07) is 7.05. The molecule has 6 heteroatoms. The second kappa shape index (κ2) is 6.93. The van der Waals surface area contributed by atoms with Crippen LogP contribution in [0, 0.1) is 6.92 Å². The molecule has 2 N–H and O–H groups in total. The van der Waals surface area contributed by atoms with Crippen LogP contribution in [-0.2, 0) is 14.9 Å². The molecule has 0 spiro atoms. The maximum atomic E-state index is 12.4. The molecule has 1 aromatic carbocycles. The Labute approximate surface area is 122 Å². The molecule has 21 heavy (non-hydrogen) atoms. The summed E-state index contributed by atoms with van der Waals surface area (Å²) < 4.78 is 41.9. The smallest absolute Gasteiger partial charge is 0.389 e. The minimum atomic E-state index is -4.25. The van der Waals surface area contributed by atoms with Crippen LogP contribution in [0.25, 0.3) is 0 Å². The van der Waals surface area contributed by atoms with E-state index in [9.17, 15) is 18.0 Å². The highest BCUT2D eigenvalue weighted by molar-refractivity contribution is 5.84. The van der Waals surface area contributed by atoms with E-state index in [2.05, 4.69) is 0 Å². The Balaban J connectivity index is 3.11. The van der Waals surface area contributed by atoms with Crippen molar-refractivity contribution in [2.24, 2.45) is 5.73 Å². The van der Waals surface area contributed by atoms with Crippen LogP contribution in [0.1, 0.15) is 30.4 Å². The van der Waals surface area contributed by atoms with Crippen LogP contribution in [0.5, 0.6) is 0 Å². The molecule has 118 valence electrons. The summed E-state index contributed by atoms with van der Waals surface area (Å²) in [5.74, 6) is -0.596. The Bertz CT molecular complexity index is 488. The van der Waals surface area contributed by atoms with E-state index in [1.807, 2.05) is 0 Å². The lowest BCUT2D eigenvalue weighted by Crippen LogP contribution is -2.44. The zero-order valence-electron chi connectivity index (χ0n) is 12.2. The highest BCUT2D eigenvalue weighted by Gasteiger charge is 2.41. The molecule has 0 aromatic heterocycles. The van der Waals surface area contributed by atoms with Crippen molar-refractivity contribution in [1.82, 2.24) is 0 Å². The zero-order chi connectivity index (χ0) is 16.1. The van der Waals surface area contributed by atoms with Crippen LogP contribution in [0.3, 0.4) is 0 Å². The van der Waals surface area contributed by atoms with Crippen LogP contribution >= 0.6 is 0 Å². The topological polar surface area (TPSA) is 52.3 Å². The number of methoxy groups -OCH3 is 1. The molecule has 0 aliphatic rings. The number of esters is 1. The van der Waals surface area contributed by atoms with E-state index in [4.69, 9.17) is 10.5 Å². The number of halogens is 3. The molecule has 1 atom stereocenters. The molecular weight excluding hydrogens is 283 g/mol. The summed E-state index contributed by atoms with van der Waals surface area (Å²) in [5, 5.41) is 0. The minimum absolute atomic E-state index is 0.000532. The number of benzene rings is 1. The number of carbonyl (C=O) groups is 1. The van der Waals surface area contributed by atoms with Crippen molar-refractivity contribution in [1.29, 1.82) is 0 Å². The fourth-order valence-corrected chi connectivity index (χ4v) is 2.54. The van der Waals surface area contributed by atoms with Crippen LogP contribution in [-0.4, -0.2) is 25.8 Å². The minimum Gasteiger partial charge on any atom is -0.468 e. The number of hydrogen-bond donors (Lipinski definition) is 1. The molecule has 0 amide bonds. The molecule has 0 aliphatic carbocycles. The molecule has 1 unspecified atom stereocenters. The number of aryl methyl sites for hydroxylation is 1. The van der Waals surface area contributed by atoms with Crippen molar-refractivity contribution < 1.29 is 22.7 Å². The summed E-state index contributed by atoms with van der Waals surface area (Å²) in [6.45, 7) is 1.70. The third kappa shape index (κ3) is 4.20. The van der Waals surface area contributed by atoms with E-state index in [1.54, 1.807) is 31.2 Å². The monoisotopic (exact) mass is 303 g/mol. The Morgan fingerprint density at radius 2 is 1.86 bits per heavy atom. The second-order valence-electron chi connectivity index (χ2n) is 5.06. The van der Waals surface area contributed by atoms with E-state index in [0.717, 1.165) is 5.56 Å². The molecule has 3 nitrogen and oxygen atoms in total. The lowest BCUT2D eigenvalue weighted by atomic mass is 9.74. The predicted octanol–water partition coefficient (Wildman–Crippen LogP) is 3.10. The molecular formula is C15H20F3NO2. The van der Waals surface area contributed by atoms with Crippen molar-refractivity contribution in [3.05, 3.63) is 35.4 Å². The summed E-state index contributed by atoms with van der Waals surface area (Å²) in [4.78, 5) is 12.2. The van der Waals surface area contributed by atoms with Crippen molar-refractivity contribution in [2.45, 2.75) is 37.8 Å². The van der Waals surface area contributed by atoms with Crippen LogP contribution in [0.15, 0.2) is 24.3 Å². The lowest BCUT2D eigenvalue weighted by molar-refractivity contribution is -0.150. The second-order valence-corrected chi connectivity index (χ2v) is 5.06. The van der Waals surface area contributed by atoms with Crippen molar-refractivity contribution >= 4 is 5.97 Å². The van der Waals surface area contributed by atoms with Gasteiger partial charge in [0.05, 0.1) is 7.11 Å². The normalized spacial score (nSPS) is 14.6. The van der Waals surface area contributed by atoms with Crippen LogP contribution < -0.4 is 5.73 Å². The molecule has 0 radical (unpaired) electrons. The highest BCUT2D eigenvalue weighted by atomic mass is 19.4. The number of hydrogen-bond acceptors (Lipinski definition) is 3. The standard InChI is InChI=1S/C15H20F3NO2/c1-11-6-3-4-7-12(11)14(10-19,13(20)21-2)8-5-9-15(16,17)18/h3-4,6-7H,5,8-10,19H2,1-2H3. The Hall–Kier alpha value is -1.56. The van der Waals surface area contributed by atoms with Gasteiger partial charge in [-0.2, -0.15) is 13.2 Å². The Kier molecular flexibility index (Phi) is 5.78. The number of nitrogens with two attached hydrogens (primary N) is 1. The zero-order valence-corrected chi connectivity index (χ0v) is 12.2. The summed E-state index contributed by atoms with van der Waals surface area (Å²) >= 11 is 0. The van der Waals surface area contributed by atoms with E-state index >= 15 is 0 Å². The van der Waals surface area contributed by atoms with Gasteiger partial charge in [-0.15, -0.1) is 0 Å². The molecule has 0 heterocycles. The first-order valence-corrected chi connectivity index (χ1v) is 6.68. The summed E-state index contributed by atoms with van der Waals surface area (Å²) in [6.07, 6.45) is -5.37. The summed E-state index contributed by atoms with van der Waals surface area (Å²) in [5.41, 5.74) is 5.95. The summed E-state index contributed by atoms with van der Waals surface area (Å²) in [7, 11) is 1.22. The van der Waals surface area contributed by atoms with Gasteiger partial charge >= 0.3 is 12.1 Å². The SMILES string of the molecule is COC(=O)C(CN)(CCCC(F)(F)F)c1ccccc1C.